The van der Waals surface area contributed by atoms with Crippen molar-refractivity contribution in [2.24, 2.45) is 0 Å². The lowest BCUT2D eigenvalue weighted by Gasteiger charge is -2.00. The third-order valence-corrected chi connectivity index (χ3v) is 2.54. The van der Waals surface area contributed by atoms with Crippen molar-refractivity contribution in [1.82, 2.24) is 10.2 Å². The fourth-order valence-corrected chi connectivity index (χ4v) is 1.56. The van der Waals surface area contributed by atoms with Gasteiger partial charge in [-0.2, -0.15) is 13.2 Å². The molecule has 2 rings (SSSR count). The first-order valence-electron chi connectivity index (χ1n) is 4.33. The Labute approximate surface area is 97.3 Å². The molecule has 1 aromatic carbocycles. The van der Waals surface area contributed by atoms with E-state index in [4.69, 9.17) is 9.84 Å². The minimum Gasteiger partial charge on any atom is -0.508 e. The van der Waals surface area contributed by atoms with Crippen molar-refractivity contribution in [3.63, 3.8) is 0 Å². The highest BCUT2D eigenvalue weighted by atomic mass is 32.1. The number of ether oxygens (including phenoxy) is 1. The van der Waals surface area contributed by atoms with E-state index in [0.29, 0.717) is 11.3 Å². The Hall–Kier alpha value is -1.83. The number of benzene rings is 1. The van der Waals surface area contributed by atoms with Gasteiger partial charge in [-0.3, -0.25) is 0 Å². The molecular formula is C9H5F3N2O2S. The highest BCUT2D eigenvalue weighted by Crippen LogP contribution is 2.35. The van der Waals surface area contributed by atoms with Crippen molar-refractivity contribution in [2.75, 3.05) is 0 Å². The van der Waals surface area contributed by atoms with E-state index >= 15 is 0 Å². The lowest BCUT2D eigenvalue weighted by Crippen LogP contribution is -2.03. The summed E-state index contributed by atoms with van der Waals surface area (Å²) < 4.78 is 41.7. The minimum atomic E-state index is -4.52. The molecule has 0 saturated carbocycles. The van der Waals surface area contributed by atoms with Crippen LogP contribution >= 0.6 is 11.3 Å². The second kappa shape index (κ2) is 4.21. The van der Waals surface area contributed by atoms with Gasteiger partial charge in [0.05, 0.1) is 0 Å². The fourth-order valence-electron chi connectivity index (χ4n) is 0.981. The van der Waals surface area contributed by atoms with Crippen LogP contribution in [0.2, 0.25) is 0 Å². The summed E-state index contributed by atoms with van der Waals surface area (Å²) >= 11 is 0.307. The van der Waals surface area contributed by atoms with Crippen molar-refractivity contribution in [3.8, 4) is 16.7 Å². The number of halogens is 3. The summed E-state index contributed by atoms with van der Waals surface area (Å²) in [6.07, 6.45) is -4.52. The van der Waals surface area contributed by atoms with Crippen LogP contribution < -0.4 is 4.74 Å². The number of hydrogen-bond donors (Lipinski definition) is 1. The van der Waals surface area contributed by atoms with Crippen LogP contribution in [0, 0.1) is 0 Å². The summed E-state index contributed by atoms with van der Waals surface area (Å²) in [6.45, 7) is 0. The van der Waals surface area contributed by atoms with E-state index in [1.807, 2.05) is 0 Å². The summed E-state index contributed by atoms with van der Waals surface area (Å²) in [5.41, 5.74) is 0. The molecule has 90 valence electrons. The predicted octanol–water partition coefficient (Wildman–Crippen LogP) is 3.05. The number of aromatic hydroxyl groups is 1. The monoisotopic (exact) mass is 262 g/mol. The van der Waals surface area contributed by atoms with Crippen molar-refractivity contribution in [1.29, 1.82) is 0 Å². The zero-order valence-electron chi connectivity index (χ0n) is 8.10. The van der Waals surface area contributed by atoms with Crippen LogP contribution in [-0.4, -0.2) is 15.3 Å². The van der Waals surface area contributed by atoms with E-state index in [1.165, 1.54) is 24.3 Å². The zero-order valence-corrected chi connectivity index (χ0v) is 8.92. The molecule has 1 aromatic heterocycles. The average molecular weight is 262 g/mol. The number of hydrogen-bond acceptors (Lipinski definition) is 5. The van der Waals surface area contributed by atoms with Crippen LogP contribution in [0.15, 0.2) is 24.3 Å². The quantitative estimate of drug-likeness (QED) is 0.903. The second-order valence-electron chi connectivity index (χ2n) is 2.97. The number of nitrogens with zero attached hydrogens (tertiary/aromatic N) is 2. The van der Waals surface area contributed by atoms with Crippen LogP contribution in [0.5, 0.6) is 16.7 Å². The number of rotatable bonds is 2. The summed E-state index contributed by atoms with van der Waals surface area (Å²) in [5, 5.41) is 14.0. The van der Waals surface area contributed by atoms with E-state index in [9.17, 15) is 13.2 Å². The fraction of sp³-hybridized carbons (Fsp3) is 0.111. The molecule has 4 nitrogen and oxygen atoms in total. The maximum absolute atomic E-state index is 12.2. The van der Waals surface area contributed by atoms with Gasteiger partial charge in [-0.1, -0.05) is 16.4 Å². The second-order valence-corrected chi connectivity index (χ2v) is 3.91. The van der Waals surface area contributed by atoms with Crippen LogP contribution in [0.1, 0.15) is 5.01 Å². The molecule has 0 amide bonds. The Bertz CT molecular complexity index is 510. The smallest absolute Gasteiger partial charge is 0.445 e. The molecule has 1 N–H and O–H groups in total. The number of aromatic nitrogens is 2. The standard InChI is InChI=1S/C9H5F3N2O2S/c10-9(11,12)7-13-14-8(17-7)16-6-3-1-5(15)2-4-6/h1-4,15H. The summed E-state index contributed by atoms with van der Waals surface area (Å²) in [7, 11) is 0. The Morgan fingerprint density at radius 2 is 1.76 bits per heavy atom. The average Bonchev–Trinajstić information content (AvgIpc) is 2.69. The predicted molar refractivity (Wildman–Crippen MR) is 53.1 cm³/mol. The van der Waals surface area contributed by atoms with Gasteiger partial charge < -0.3 is 9.84 Å². The Morgan fingerprint density at radius 1 is 1.12 bits per heavy atom. The largest absolute Gasteiger partial charge is 0.508 e. The highest BCUT2D eigenvalue weighted by Gasteiger charge is 2.36. The van der Waals surface area contributed by atoms with Crippen molar-refractivity contribution in [3.05, 3.63) is 29.3 Å². The van der Waals surface area contributed by atoms with E-state index in [-0.39, 0.29) is 16.7 Å². The van der Waals surface area contributed by atoms with Gasteiger partial charge in [0.1, 0.15) is 11.5 Å². The van der Waals surface area contributed by atoms with Crippen LogP contribution in [0.25, 0.3) is 0 Å². The zero-order chi connectivity index (χ0) is 12.5. The molecule has 0 atom stereocenters. The van der Waals surface area contributed by atoms with E-state index < -0.39 is 11.2 Å². The van der Waals surface area contributed by atoms with Gasteiger partial charge in [0, 0.05) is 0 Å². The van der Waals surface area contributed by atoms with Gasteiger partial charge in [0.25, 0.3) is 5.19 Å². The van der Waals surface area contributed by atoms with Gasteiger partial charge in [0.2, 0.25) is 5.01 Å². The third-order valence-electron chi connectivity index (χ3n) is 1.69. The normalized spacial score (nSPS) is 11.5. The molecule has 0 aliphatic heterocycles. The molecule has 0 radical (unpaired) electrons. The summed E-state index contributed by atoms with van der Waals surface area (Å²) in [6, 6.07) is 5.51. The van der Waals surface area contributed by atoms with E-state index in [1.54, 1.807) is 0 Å². The first kappa shape index (κ1) is 11.6. The number of phenols is 1. The highest BCUT2D eigenvalue weighted by molar-refractivity contribution is 7.13. The van der Waals surface area contributed by atoms with Gasteiger partial charge in [-0.05, 0) is 24.3 Å². The summed E-state index contributed by atoms with van der Waals surface area (Å²) in [4.78, 5) is 0. The SMILES string of the molecule is Oc1ccc(Oc2nnc(C(F)(F)F)s2)cc1. The Morgan fingerprint density at radius 3 is 2.29 bits per heavy atom. The maximum atomic E-state index is 12.2. The molecule has 0 saturated heterocycles. The molecule has 0 bridgehead atoms. The van der Waals surface area contributed by atoms with E-state index in [0.717, 1.165) is 0 Å². The molecular weight excluding hydrogens is 257 g/mol. The lowest BCUT2D eigenvalue weighted by molar-refractivity contribution is -0.138. The third kappa shape index (κ3) is 2.84. The van der Waals surface area contributed by atoms with E-state index in [2.05, 4.69) is 10.2 Å². The molecule has 0 fully saturated rings. The van der Waals surface area contributed by atoms with Crippen LogP contribution in [0.3, 0.4) is 0 Å². The Balaban J connectivity index is 2.14. The maximum Gasteiger partial charge on any atom is 0.445 e. The number of alkyl halides is 3. The lowest BCUT2D eigenvalue weighted by atomic mass is 10.3. The van der Waals surface area contributed by atoms with Crippen LogP contribution in [-0.2, 0) is 6.18 Å². The first-order valence-corrected chi connectivity index (χ1v) is 5.14. The van der Waals surface area contributed by atoms with Gasteiger partial charge in [-0.15, -0.1) is 5.10 Å². The first-order chi connectivity index (χ1) is 7.95. The molecule has 0 aliphatic carbocycles. The summed E-state index contributed by atoms with van der Waals surface area (Å²) in [5.74, 6) is 0.304. The molecule has 0 spiro atoms. The van der Waals surface area contributed by atoms with Crippen LogP contribution in [0.4, 0.5) is 13.2 Å². The number of phenolic OH excluding ortho intramolecular Hbond substituents is 1. The van der Waals surface area contributed by atoms with Crippen molar-refractivity contribution >= 4 is 11.3 Å². The van der Waals surface area contributed by atoms with Gasteiger partial charge in [-0.25, -0.2) is 0 Å². The molecule has 8 heteroatoms. The minimum absolute atomic E-state index is 0.0330. The van der Waals surface area contributed by atoms with Gasteiger partial charge in [0.15, 0.2) is 0 Å². The molecule has 2 aromatic rings. The van der Waals surface area contributed by atoms with Gasteiger partial charge >= 0.3 is 6.18 Å². The Kier molecular flexibility index (Phi) is 2.88. The van der Waals surface area contributed by atoms with Crippen molar-refractivity contribution in [2.45, 2.75) is 6.18 Å². The van der Waals surface area contributed by atoms with Crippen molar-refractivity contribution < 1.29 is 23.0 Å². The topological polar surface area (TPSA) is 55.2 Å². The molecule has 0 aliphatic rings. The molecule has 17 heavy (non-hydrogen) atoms. The molecule has 1 heterocycles. The molecule has 0 unspecified atom stereocenters.